The standard InChI is InChI=1S/C13H12ClFN2O/c1-18-12-4-9(15)2-3-10(12)11-5-13(14)17-7-8(11)6-16/h2-5,7H,6,16H2,1H3. The smallest absolute Gasteiger partial charge is 0.129 e. The first-order valence-electron chi connectivity index (χ1n) is 5.34. The van der Waals surface area contributed by atoms with E-state index in [1.807, 2.05) is 0 Å². The van der Waals surface area contributed by atoms with Gasteiger partial charge in [-0.3, -0.25) is 0 Å². The summed E-state index contributed by atoms with van der Waals surface area (Å²) in [5.74, 6) is 0.0806. The minimum atomic E-state index is -0.356. The SMILES string of the molecule is COc1cc(F)ccc1-c1cc(Cl)ncc1CN. The van der Waals surface area contributed by atoms with Crippen LogP contribution in [0, 0.1) is 5.82 Å². The average Bonchev–Trinajstić information content (AvgIpc) is 2.38. The molecule has 1 aromatic heterocycles. The lowest BCUT2D eigenvalue weighted by Crippen LogP contribution is -2.01. The summed E-state index contributed by atoms with van der Waals surface area (Å²) in [5, 5.41) is 0.355. The molecule has 3 nitrogen and oxygen atoms in total. The largest absolute Gasteiger partial charge is 0.496 e. The third-order valence-electron chi connectivity index (χ3n) is 2.63. The number of methoxy groups -OCH3 is 1. The Labute approximate surface area is 109 Å². The van der Waals surface area contributed by atoms with E-state index < -0.39 is 0 Å². The van der Waals surface area contributed by atoms with Crippen molar-refractivity contribution in [1.29, 1.82) is 0 Å². The molecule has 0 atom stereocenters. The van der Waals surface area contributed by atoms with Crippen molar-refractivity contribution < 1.29 is 9.13 Å². The zero-order chi connectivity index (χ0) is 13.1. The molecule has 0 saturated heterocycles. The zero-order valence-corrected chi connectivity index (χ0v) is 10.5. The second-order valence-electron chi connectivity index (χ2n) is 3.71. The number of aromatic nitrogens is 1. The van der Waals surface area contributed by atoms with Gasteiger partial charge in [-0.1, -0.05) is 11.6 Å². The number of hydrogen-bond donors (Lipinski definition) is 1. The number of hydrogen-bond acceptors (Lipinski definition) is 3. The number of rotatable bonds is 3. The number of halogens is 2. The van der Waals surface area contributed by atoms with Crippen LogP contribution >= 0.6 is 11.6 Å². The first-order valence-corrected chi connectivity index (χ1v) is 5.72. The monoisotopic (exact) mass is 266 g/mol. The number of ether oxygens (including phenoxy) is 1. The van der Waals surface area contributed by atoms with E-state index in [2.05, 4.69) is 4.98 Å². The van der Waals surface area contributed by atoms with Crippen molar-refractivity contribution in [3.63, 3.8) is 0 Å². The maximum atomic E-state index is 13.2. The molecular weight excluding hydrogens is 255 g/mol. The van der Waals surface area contributed by atoms with E-state index in [-0.39, 0.29) is 5.82 Å². The van der Waals surface area contributed by atoms with Crippen molar-refractivity contribution in [3.05, 3.63) is 47.0 Å². The summed E-state index contributed by atoms with van der Waals surface area (Å²) >= 11 is 5.88. The molecule has 0 unspecified atom stereocenters. The van der Waals surface area contributed by atoms with Crippen LogP contribution in [0.15, 0.2) is 30.5 Å². The lowest BCUT2D eigenvalue weighted by atomic mass is 10.0. The van der Waals surface area contributed by atoms with Crippen LogP contribution in [0.5, 0.6) is 5.75 Å². The van der Waals surface area contributed by atoms with Gasteiger partial charge in [-0.2, -0.15) is 0 Å². The van der Waals surface area contributed by atoms with Crippen molar-refractivity contribution in [2.45, 2.75) is 6.54 Å². The summed E-state index contributed by atoms with van der Waals surface area (Å²) < 4.78 is 18.3. The van der Waals surface area contributed by atoms with Crippen LogP contribution in [0.2, 0.25) is 5.15 Å². The molecule has 2 rings (SSSR count). The summed E-state index contributed by atoms with van der Waals surface area (Å²) in [6, 6.07) is 6.02. The minimum absolute atomic E-state index is 0.319. The first-order chi connectivity index (χ1) is 8.65. The zero-order valence-electron chi connectivity index (χ0n) is 9.78. The Morgan fingerprint density at radius 2 is 2.11 bits per heavy atom. The Kier molecular flexibility index (Phi) is 3.79. The summed E-state index contributed by atoms with van der Waals surface area (Å²) in [7, 11) is 1.49. The molecule has 0 radical (unpaired) electrons. The number of pyridine rings is 1. The minimum Gasteiger partial charge on any atom is -0.496 e. The van der Waals surface area contributed by atoms with Crippen LogP contribution in [-0.4, -0.2) is 12.1 Å². The fraction of sp³-hybridized carbons (Fsp3) is 0.154. The number of nitrogens with two attached hydrogens (primary N) is 1. The van der Waals surface area contributed by atoms with Crippen LogP contribution < -0.4 is 10.5 Å². The summed E-state index contributed by atoms with van der Waals surface area (Å²) in [4.78, 5) is 3.98. The van der Waals surface area contributed by atoms with Crippen molar-refractivity contribution in [2.75, 3.05) is 7.11 Å². The Balaban J connectivity index is 2.64. The molecule has 2 N–H and O–H groups in total. The Morgan fingerprint density at radius 1 is 1.33 bits per heavy atom. The van der Waals surface area contributed by atoms with Crippen LogP contribution in [0.25, 0.3) is 11.1 Å². The number of benzene rings is 1. The van der Waals surface area contributed by atoms with E-state index in [1.54, 1.807) is 18.3 Å². The predicted octanol–water partition coefficient (Wildman–Crippen LogP) is 3.01. The quantitative estimate of drug-likeness (QED) is 0.869. The van der Waals surface area contributed by atoms with Crippen molar-refractivity contribution in [1.82, 2.24) is 4.98 Å². The van der Waals surface area contributed by atoms with Gasteiger partial charge in [-0.05, 0) is 29.3 Å². The molecule has 0 fully saturated rings. The number of nitrogens with zero attached hydrogens (tertiary/aromatic N) is 1. The third-order valence-corrected chi connectivity index (χ3v) is 2.83. The Bertz CT molecular complexity index is 575. The van der Waals surface area contributed by atoms with Gasteiger partial charge in [0.25, 0.3) is 0 Å². The Morgan fingerprint density at radius 3 is 2.78 bits per heavy atom. The van der Waals surface area contributed by atoms with E-state index in [9.17, 15) is 4.39 Å². The molecule has 18 heavy (non-hydrogen) atoms. The fourth-order valence-corrected chi connectivity index (χ4v) is 1.92. The molecule has 0 aliphatic heterocycles. The van der Waals surface area contributed by atoms with Gasteiger partial charge >= 0.3 is 0 Å². The van der Waals surface area contributed by atoms with E-state index in [1.165, 1.54) is 19.2 Å². The maximum Gasteiger partial charge on any atom is 0.129 e. The topological polar surface area (TPSA) is 48.1 Å². The molecule has 0 amide bonds. The molecule has 1 heterocycles. The highest BCUT2D eigenvalue weighted by molar-refractivity contribution is 6.29. The predicted molar refractivity (Wildman–Crippen MR) is 69.1 cm³/mol. The molecule has 0 aliphatic carbocycles. The van der Waals surface area contributed by atoms with Gasteiger partial charge in [-0.15, -0.1) is 0 Å². The molecule has 1 aromatic carbocycles. The molecule has 0 saturated carbocycles. The molecule has 94 valence electrons. The van der Waals surface area contributed by atoms with E-state index in [0.29, 0.717) is 17.4 Å². The highest BCUT2D eigenvalue weighted by Crippen LogP contribution is 2.33. The average molecular weight is 267 g/mol. The second-order valence-corrected chi connectivity index (χ2v) is 4.10. The Hall–Kier alpha value is -1.65. The van der Waals surface area contributed by atoms with Gasteiger partial charge in [0.2, 0.25) is 0 Å². The maximum absolute atomic E-state index is 13.2. The summed E-state index contributed by atoms with van der Waals surface area (Å²) in [6.45, 7) is 0.319. The first kappa shape index (κ1) is 12.8. The molecule has 0 bridgehead atoms. The molecule has 0 spiro atoms. The highest BCUT2D eigenvalue weighted by Gasteiger charge is 2.11. The lowest BCUT2D eigenvalue weighted by molar-refractivity contribution is 0.413. The molecule has 0 aliphatic rings. The summed E-state index contributed by atoms with van der Waals surface area (Å²) in [6.07, 6.45) is 1.61. The van der Waals surface area contributed by atoms with Crippen molar-refractivity contribution in [3.8, 4) is 16.9 Å². The molecular formula is C13H12ClFN2O. The van der Waals surface area contributed by atoms with Gasteiger partial charge in [-0.25, -0.2) is 9.37 Å². The fourth-order valence-electron chi connectivity index (χ4n) is 1.76. The normalized spacial score (nSPS) is 10.4. The summed E-state index contributed by atoms with van der Waals surface area (Å²) in [5.41, 5.74) is 8.02. The molecule has 2 aromatic rings. The van der Waals surface area contributed by atoms with Gasteiger partial charge in [0, 0.05) is 24.4 Å². The van der Waals surface area contributed by atoms with E-state index >= 15 is 0 Å². The van der Waals surface area contributed by atoms with Gasteiger partial charge in [0.1, 0.15) is 16.7 Å². The highest BCUT2D eigenvalue weighted by atomic mass is 35.5. The van der Waals surface area contributed by atoms with Crippen LogP contribution in [0.4, 0.5) is 4.39 Å². The third kappa shape index (κ3) is 2.44. The van der Waals surface area contributed by atoms with Crippen LogP contribution in [-0.2, 0) is 6.54 Å². The van der Waals surface area contributed by atoms with E-state index in [0.717, 1.165) is 16.7 Å². The van der Waals surface area contributed by atoms with Gasteiger partial charge in [0.05, 0.1) is 7.11 Å². The van der Waals surface area contributed by atoms with Crippen LogP contribution in [0.3, 0.4) is 0 Å². The second kappa shape index (κ2) is 5.33. The van der Waals surface area contributed by atoms with Gasteiger partial charge in [0.15, 0.2) is 0 Å². The van der Waals surface area contributed by atoms with Crippen molar-refractivity contribution in [2.24, 2.45) is 5.73 Å². The lowest BCUT2D eigenvalue weighted by Gasteiger charge is -2.12. The van der Waals surface area contributed by atoms with Crippen molar-refractivity contribution >= 4 is 11.6 Å². The van der Waals surface area contributed by atoms with Crippen LogP contribution in [0.1, 0.15) is 5.56 Å². The molecule has 5 heteroatoms. The van der Waals surface area contributed by atoms with E-state index in [4.69, 9.17) is 22.1 Å². The van der Waals surface area contributed by atoms with Gasteiger partial charge < -0.3 is 10.5 Å².